The average molecular weight is 243 g/mol. The molecule has 92 valence electrons. The van der Waals surface area contributed by atoms with Gasteiger partial charge in [-0.2, -0.15) is 0 Å². The molecule has 0 amide bonds. The van der Waals surface area contributed by atoms with Gasteiger partial charge in [0.05, 0.1) is 5.69 Å². The third-order valence-electron chi connectivity index (χ3n) is 2.84. The van der Waals surface area contributed by atoms with Gasteiger partial charge in [0.2, 0.25) is 5.95 Å². The summed E-state index contributed by atoms with van der Waals surface area (Å²) in [6.07, 6.45) is 1.65. The van der Waals surface area contributed by atoms with Gasteiger partial charge < -0.3 is 15.2 Å². The van der Waals surface area contributed by atoms with E-state index in [0.29, 0.717) is 13.2 Å². The van der Waals surface area contributed by atoms with Gasteiger partial charge >= 0.3 is 0 Å². The van der Waals surface area contributed by atoms with E-state index >= 15 is 0 Å². The molecule has 0 saturated carbocycles. The van der Waals surface area contributed by atoms with Crippen molar-refractivity contribution in [2.45, 2.75) is 6.92 Å². The third kappa shape index (κ3) is 1.84. The molecule has 0 spiro atoms. The van der Waals surface area contributed by atoms with E-state index in [4.69, 9.17) is 15.2 Å². The molecule has 0 saturated heterocycles. The Bertz CT molecular complexity index is 599. The second kappa shape index (κ2) is 4.18. The van der Waals surface area contributed by atoms with Gasteiger partial charge in [-0.15, -0.1) is 0 Å². The lowest BCUT2D eigenvalue weighted by molar-refractivity contribution is 0.171. The summed E-state index contributed by atoms with van der Waals surface area (Å²) in [5, 5.41) is 0. The number of nitrogens with two attached hydrogens (primary N) is 1. The maximum Gasteiger partial charge on any atom is 0.220 e. The van der Waals surface area contributed by atoms with Gasteiger partial charge in [0, 0.05) is 11.8 Å². The van der Waals surface area contributed by atoms with Crippen molar-refractivity contribution in [3.05, 3.63) is 30.0 Å². The van der Waals surface area contributed by atoms with Crippen molar-refractivity contribution in [1.29, 1.82) is 0 Å². The van der Waals surface area contributed by atoms with E-state index in [2.05, 4.69) is 9.97 Å². The number of nitrogen functional groups attached to an aromatic ring is 1. The van der Waals surface area contributed by atoms with Crippen LogP contribution in [0.2, 0.25) is 0 Å². The van der Waals surface area contributed by atoms with Gasteiger partial charge in [-0.25, -0.2) is 9.97 Å². The molecule has 0 radical (unpaired) electrons. The van der Waals surface area contributed by atoms with Gasteiger partial charge in [0.15, 0.2) is 11.5 Å². The quantitative estimate of drug-likeness (QED) is 0.827. The summed E-state index contributed by atoms with van der Waals surface area (Å²) in [5.41, 5.74) is 8.44. The van der Waals surface area contributed by atoms with Gasteiger partial charge in [0.1, 0.15) is 13.2 Å². The number of benzene rings is 1. The summed E-state index contributed by atoms with van der Waals surface area (Å²) >= 11 is 0. The van der Waals surface area contributed by atoms with Crippen LogP contribution in [0.4, 0.5) is 5.95 Å². The zero-order valence-corrected chi connectivity index (χ0v) is 10.0. The maximum absolute atomic E-state index is 5.61. The first-order valence-electron chi connectivity index (χ1n) is 5.73. The molecular formula is C13H13N3O2. The van der Waals surface area contributed by atoms with Crippen LogP contribution in [0, 0.1) is 6.92 Å². The lowest BCUT2D eigenvalue weighted by Gasteiger charge is -2.20. The fourth-order valence-electron chi connectivity index (χ4n) is 1.99. The molecular weight excluding hydrogens is 230 g/mol. The van der Waals surface area contributed by atoms with E-state index in [1.807, 2.05) is 25.1 Å². The molecule has 0 unspecified atom stereocenters. The minimum atomic E-state index is 0.266. The van der Waals surface area contributed by atoms with Crippen molar-refractivity contribution >= 4 is 5.95 Å². The van der Waals surface area contributed by atoms with Crippen LogP contribution in [0.15, 0.2) is 24.4 Å². The van der Waals surface area contributed by atoms with Crippen molar-refractivity contribution in [2.75, 3.05) is 18.9 Å². The normalized spacial score (nSPS) is 13.4. The van der Waals surface area contributed by atoms with Crippen molar-refractivity contribution < 1.29 is 9.47 Å². The standard InChI is InChI=1S/C13H13N3O2/c1-8-6-11-12(18-5-4-17-11)7-9(8)10-2-3-15-13(14)16-10/h2-3,6-7H,4-5H2,1H3,(H2,14,15,16). The first-order chi connectivity index (χ1) is 8.74. The van der Waals surface area contributed by atoms with E-state index in [1.54, 1.807) is 6.20 Å². The molecule has 2 heterocycles. The van der Waals surface area contributed by atoms with E-state index in [0.717, 1.165) is 28.3 Å². The van der Waals surface area contributed by atoms with Crippen LogP contribution < -0.4 is 15.2 Å². The van der Waals surface area contributed by atoms with Gasteiger partial charge in [-0.05, 0) is 30.7 Å². The fourth-order valence-corrected chi connectivity index (χ4v) is 1.99. The highest BCUT2D eigenvalue weighted by atomic mass is 16.6. The highest BCUT2D eigenvalue weighted by Crippen LogP contribution is 2.36. The van der Waals surface area contributed by atoms with E-state index < -0.39 is 0 Å². The molecule has 2 N–H and O–H groups in total. The highest BCUT2D eigenvalue weighted by molar-refractivity contribution is 5.68. The SMILES string of the molecule is Cc1cc2c(cc1-c1ccnc(N)n1)OCCO2. The summed E-state index contributed by atoms with van der Waals surface area (Å²) in [5.74, 6) is 1.80. The molecule has 0 aliphatic carbocycles. The minimum Gasteiger partial charge on any atom is -0.486 e. The Morgan fingerprint density at radius 1 is 1.17 bits per heavy atom. The largest absolute Gasteiger partial charge is 0.486 e. The number of ether oxygens (including phenoxy) is 2. The van der Waals surface area contributed by atoms with Crippen LogP contribution in [0.3, 0.4) is 0 Å². The Labute approximate surface area is 105 Å². The predicted molar refractivity (Wildman–Crippen MR) is 67.6 cm³/mol. The number of hydrogen-bond donors (Lipinski definition) is 1. The predicted octanol–water partition coefficient (Wildman–Crippen LogP) is 1.81. The third-order valence-corrected chi connectivity index (χ3v) is 2.84. The van der Waals surface area contributed by atoms with Crippen molar-refractivity contribution in [2.24, 2.45) is 0 Å². The topological polar surface area (TPSA) is 70.3 Å². The molecule has 1 aromatic heterocycles. The Hall–Kier alpha value is -2.30. The van der Waals surface area contributed by atoms with Crippen LogP contribution in [0.25, 0.3) is 11.3 Å². The zero-order valence-electron chi connectivity index (χ0n) is 10.0. The van der Waals surface area contributed by atoms with E-state index in [1.165, 1.54) is 0 Å². The molecule has 0 atom stereocenters. The van der Waals surface area contributed by atoms with E-state index in [-0.39, 0.29) is 5.95 Å². The summed E-state index contributed by atoms with van der Waals surface area (Å²) < 4.78 is 11.1. The number of aromatic nitrogens is 2. The first kappa shape index (κ1) is 10.8. The van der Waals surface area contributed by atoms with Crippen molar-refractivity contribution in [3.63, 3.8) is 0 Å². The Kier molecular flexibility index (Phi) is 2.51. The Morgan fingerprint density at radius 2 is 1.89 bits per heavy atom. The maximum atomic E-state index is 5.61. The second-order valence-corrected chi connectivity index (χ2v) is 4.11. The van der Waals surface area contributed by atoms with Crippen LogP contribution in [0.1, 0.15) is 5.56 Å². The molecule has 5 heteroatoms. The lowest BCUT2D eigenvalue weighted by Crippen LogP contribution is -2.15. The average Bonchev–Trinajstić information content (AvgIpc) is 2.38. The monoisotopic (exact) mass is 243 g/mol. The van der Waals surface area contributed by atoms with Crippen LogP contribution in [0.5, 0.6) is 11.5 Å². The smallest absolute Gasteiger partial charge is 0.220 e. The molecule has 2 aromatic rings. The van der Waals surface area contributed by atoms with Crippen molar-refractivity contribution in [3.8, 4) is 22.8 Å². The molecule has 3 rings (SSSR count). The molecule has 5 nitrogen and oxygen atoms in total. The molecule has 0 bridgehead atoms. The van der Waals surface area contributed by atoms with Gasteiger partial charge in [0.25, 0.3) is 0 Å². The molecule has 1 aromatic carbocycles. The zero-order chi connectivity index (χ0) is 12.5. The van der Waals surface area contributed by atoms with Gasteiger partial charge in [-0.1, -0.05) is 0 Å². The highest BCUT2D eigenvalue weighted by Gasteiger charge is 2.15. The lowest BCUT2D eigenvalue weighted by atomic mass is 10.0. The van der Waals surface area contributed by atoms with Gasteiger partial charge in [-0.3, -0.25) is 0 Å². The van der Waals surface area contributed by atoms with Crippen molar-refractivity contribution in [1.82, 2.24) is 9.97 Å². The summed E-state index contributed by atoms with van der Waals surface area (Å²) in [4.78, 5) is 8.12. The molecule has 1 aliphatic rings. The van der Waals surface area contributed by atoms with E-state index in [9.17, 15) is 0 Å². The Balaban J connectivity index is 2.12. The van der Waals surface area contributed by atoms with Crippen LogP contribution in [-0.2, 0) is 0 Å². The molecule has 0 fully saturated rings. The number of nitrogens with zero attached hydrogens (tertiary/aromatic N) is 2. The van der Waals surface area contributed by atoms with Crippen LogP contribution >= 0.6 is 0 Å². The molecule has 1 aliphatic heterocycles. The fraction of sp³-hybridized carbons (Fsp3) is 0.231. The minimum absolute atomic E-state index is 0.266. The first-order valence-corrected chi connectivity index (χ1v) is 5.73. The number of rotatable bonds is 1. The number of aryl methyl sites for hydroxylation is 1. The Morgan fingerprint density at radius 3 is 2.61 bits per heavy atom. The number of anilines is 1. The molecule has 18 heavy (non-hydrogen) atoms. The summed E-state index contributed by atoms with van der Waals surface area (Å²) in [6.45, 7) is 3.17. The summed E-state index contributed by atoms with van der Waals surface area (Å²) in [6, 6.07) is 5.72. The summed E-state index contributed by atoms with van der Waals surface area (Å²) in [7, 11) is 0. The second-order valence-electron chi connectivity index (χ2n) is 4.11. The number of fused-ring (bicyclic) bond motifs is 1. The van der Waals surface area contributed by atoms with Crippen LogP contribution in [-0.4, -0.2) is 23.2 Å². The number of hydrogen-bond acceptors (Lipinski definition) is 5.